The lowest BCUT2D eigenvalue weighted by Crippen LogP contribution is -2.49. The summed E-state index contributed by atoms with van der Waals surface area (Å²) in [4.78, 5) is 0. The van der Waals surface area contributed by atoms with Gasteiger partial charge < -0.3 is 9.85 Å². The van der Waals surface area contributed by atoms with E-state index in [9.17, 15) is 5.21 Å². The predicted molar refractivity (Wildman–Crippen MR) is 141 cm³/mol. The van der Waals surface area contributed by atoms with Gasteiger partial charge in [0.25, 0.3) is 0 Å². The summed E-state index contributed by atoms with van der Waals surface area (Å²) in [5.74, 6) is 0. The summed E-state index contributed by atoms with van der Waals surface area (Å²) in [6.07, 6.45) is 29.8. The van der Waals surface area contributed by atoms with Crippen molar-refractivity contribution in [3.63, 3.8) is 0 Å². The van der Waals surface area contributed by atoms with Crippen LogP contribution in [0.15, 0.2) is 0 Å². The summed E-state index contributed by atoms with van der Waals surface area (Å²) in [5.41, 5.74) is 0. The molecule has 2 nitrogen and oxygen atoms in total. The molecule has 0 amide bonds. The van der Waals surface area contributed by atoms with Gasteiger partial charge in [0.2, 0.25) is 0 Å². The molecule has 1 unspecified atom stereocenters. The molecule has 0 aromatic carbocycles. The SMILES string of the molecule is CCCCCCCCCCCCCC[N+]([O-])(CCCCCCCCCCCC)C(C)C. The van der Waals surface area contributed by atoms with Crippen molar-refractivity contribution >= 4 is 0 Å². The number of hydrogen-bond donors (Lipinski definition) is 0. The van der Waals surface area contributed by atoms with Crippen LogP contribution in [-0.4, -0.2) is 23.8 Å². The van der Waals surface area contributed by atoms with Crippen LogP contribution in [0.5, 0.6) is 0 Å². The average Bonchev–Trinajstić information content (AvgIpc) is 2.75. The van der Waals surface area contributed by atoms with Gasteiger partial charge >= 0.3 is 0 Å². The lowest BCUT2D eigenvalue weighted by Gasteiger charge is -2.47. The molecule has 0 rings (SSSR count). The molecule has 0 bridgehead atoms. The fraction of sp³-hybridized carbons (Fsp3) is 1.00. The van der Waals surface area contributed by atoms with E-state index in [1.165, 1.54) is 128 Å². The minimum Gasteiger partial charge on any atom is -0.633 e. The Morgan fingerprint density at radius 1 is 0.419 bits per heavy atom. The molecule has 31 heavy (non-hydrogen) atoms. The maximum atomic E-state index is 13.3. The van der Waals surface area contributed by atoms with E-state index in [1.807, 2.05) is 0 Å². The van der Waals surface area contributed by atoms with Crippen molar-refractivity contribution in [3.05, 3.63) is 5.21 Å². The van der Waals surface area contributed by atoms with Gasteiger partial charge in [-0.25, -0.2) is 0 Å². The Balaban J connectivity index is 3.60. The van der Waals surface area contributed by atoms with Crippen LogP contribution in [0.25, 0.3) is 0 Å². The minimum atomic E-state index is 0.0504. The number of unbranched alkanes of at least 4 members (excludes halogenated alkanes) is 20. The summed E-state index contributed by atoms with van der Waals surface area (Å²) in [6.45, 7) is 10.5. The van der Waals surface area contributed by atoms with Crippen molar-refractivity contribution in [3.8, 4) is 0 Å². The first-order chi connectivity index (χ1) is 15.1. The van der Waals surface area contributed by atoms with Gasteiger partial charge in [-0.15, -0.1) is 0 Å². The van der Waals surface area contributed by atoms with Crippen LogP contribution in [0.2, 0.25) is 0 Å². The van der Waals surface area contributed by atoms with E-state index in [1.54, 1.807) is 0 Å². The normalized spacial score (nSPS) is 13.7. The Labute approximate surface area is 198 Å². The van der Waals surface area contributed by atoms with Gasteiger partial charge in [0.1, 0.15) is 0 Å². The van der Waals surface area contributed by atoms with Crippen LogP contribution in [0.4, 0.5) is 0 Å². The van der Waals surface area contributed by atoms with E-state index in [2.05, 4.69) is 27.7 Å². The maximum absolute atomic E-state index is 13.3. The Kier molecular flexibility index (Phi) is 23.0. The number of nitrogens with zero attached hydrogens (tertiary/aromatic N) is 1. The molecule has 0 saturated heterocycles. The summed E-state index contributed by atoms with van der Waals surface area (Å²) in [5, 5.41) is 13.3. The van der Waals surface area contributed by atoms with Gasteiger partial charge in [-0.3, -0.25) is 0 Å². The number of hydrogen-bond acceptors (Lipinski definition) is 1. The molecule has 0 aromatic rings. The third kappa shape index (κ3) is 20.3. The molecule has 0 spiro atoms. The summed E-state index contributed by atoms with van der Waals surface area (Å²) in [6, 6.07) is 0.214. The second kappa shape index (κ2) is 23.1. The first-order valence-electron chi connectivity index (χ1n) is 14.6. The Morgan fingerprint density at radius 3 is 0.871 bits per heavy atom. The maximum Gasteiger partial charge on any atom is 0.0830 e. The van der Waals surface area contributed by atoms with Gasteiger partial charge in [-0.2, -0.15) is 0 Å². The predicted octanol–water partition coefficient (Wildman–Crippen LogP) is 10.3. The summed E-state index contributed by atoms with van der Waals surface area (Å²) >= 11 is 0. The molecule has 2 heteroatoms. The molecule has 0 radical (unpaired) electrons. The molecule has 1 atom stereocenters. The van der Waals surface area contributed by atoms with Gasteiger partial charge in [0, 0.05) is 0 Å². The van der Waals surface area contributed by atoms with Crippen molar-refractivity contribution in [1.82, 2.24) is 0 Å². The van der Waals surface area contributed by atoms with Gasteiger partial charge in [0.15, 0.2) is 0 Å². The van der Waals surface area contributed by atoms with E-state index in [-0.39, 0.29) is 10.7 Å². The highest BCUT2D eigenvalue weighted by Crippen LogP contribution is 2.19. The molecule has 0 aliphatic carbocycles. The van der Waals surface area contributed by atoms with Crippen molar-refractivity contribution in [2.24, 2.45) is 0 Å². The van der Waals surface area contributed by atoms with Crippen LogP contribution >= 0.6 is 0 Å². The zero-order valence-corrected chi connectivity index (χ0v) is 22.4. The van der Waals surface area contributed by atoms with Gasteiger partial charge in [-0.1, -0.05) is 129 Å². The zero-order chi connectivity index (χ0) is 23.0. The van der Waals surface area contributed by atoms with Crippen molar-refractivity contribution in [2.45, 2.75) is 175 Å². The quantitative estimate of drug-likeness (QED) is 0.0787. The van der Waals surface area contributed by atoms with E-state index >= 15 is 0 Å². The fourth-order valence-corrected chi connectivity index (χ4v) is 4.72. The molecule has 0 aliphatic heterocycles. The minimum absolute atomic E-state index is 0.0504. The Morgan fingerprint density at radius 2 is 0.645 bits per heavy atom. The van der Waals surface area contributed by atoms with Crippen molar-refractivity contribution in [2.75, 3.05) is 13.1 Å². The zero-order valence-electron chi connectivity index (χ0n) is 22.4. The van der Waals surface area contributed by atoms with E-state index in [0.29, 0.717) is 0 Å². The van der Waals surface area contributed by atoms with E-state index < -0.39 is 0 Å². The molecule has 0 heterocycles. The first-order valence-corrected chi connectivity index (χ1v) is 14.6. The van der Waals surface area contributed by atoms with Crippen LogP contribution in [0, 0.1) is 5.21 Å². The highest BCUT2D eigenvalue weighted by atomic mass is 16.5. The van der Waals surface area contributed by atoms with E-state index in [4.69, 9.17) is 0 Å². The molecular weight excluding hydrogens is 378 g/mol. The molecule has 188 valence electrons. The topological polar surface area (TPSA) is 23.1 Å². The number of hydroxylamine groups is 3. The lowest BCUT2D eigenvalue weighted by molar-refractivity contribution is -0.902. The summed E-state index contributed by atoms with van der Waals surface area (Å²) in [7, 11) is 0. The molecule has 0 fully saturated rings. The standard InChI is InChI=1S/C29H61NO/c1-5-7-9-11-13-15-17-18-20-22-24-26-28-30(31,29(3)4)27-25-23-21-19-16-14-12-10-8-6-2/h29H,5-28H2,1-4H3. The summed E-state index contributed by atoms with van der Waals surface area (Å²) < 4.78 is 0.0504. The smallest absolute Gasteiger partial charge is 0.0830 e. The van der Waals surface area contributed by atoms with Crippen LogP contribution in [0.3, 0.4) is 0 Å². The third-order valence-corrected chi connectivity index (χ3v) is 7.22. The molecule has 0 saturated carbocycles. The second-order valence-electron chi connectivity index (χ2n) is 10.6. The Bertz CT molecular complexity index is 344. The van der Waals surface area contributed by atoms with Crippen molar-refractivity contribution in [1.29, 1.82) is 0 Å². The molecular formula is C29H61NO. The van der Waals surface area contributed by atoms with Crippen LogP contribution < -0.4 is 0 Å². The molecule has 0 N–H and O–H groups in total. The highest BCUT2D eigenvalue weighted by Gasteiger charge is 2.20. The van der Waals surface area contributed by atoms with E-state index in [0.717, 1.165) is 25.9 Å². The number of rotatable bonds is 25. The van der Waals surface area contributed by atoms with Crippen LogP contribution in [0.1, 0.15) is 169 Å². The van der Waals surface area contributed by atoms with Crippen LogP contribution in [-0.2, 0) is 0 Å². The first kappa shape index (κ1) is 30.9. The molecule has 0 aliphatic rings. The average molecular weight is 440 g/mol. The fourth-order valence-electron chi connectivity index (χ4n) is 4.72. The monoisotopic (exact) mass is 439 g/mol. The largest absolute Gasteiger partial charge is 0.633 e. The molecule has 0 aromatic heterocycles. The second-order valence-corrected chi connectivity index (χ2v) is 10.6. The lowest BCUT2D eigenvalue weighted by atomic mass is 10.0. The van der Waals surface area contributed by atoms with Gasteiger partial charge in [0.05, 0.1) is 19.1 Å². The van der Waals surface area contributed by atoms with Gasteiger partial charge in [-0.05, 0) is 39.5 Å². The number of quaternary nitrogens is 1. The Hall–Kier alpha value is -0.0800. The third-order valence-electron chi connectivity index (χ3n) is 7.22. The highest BCUT2D eigenvalue weighted by molar-refractivity contribution is 4.55. The van der Waals surface area contributed by atoms with Crippen molar-refractivity contribution < 1.29 is 4.65 Å².